The Labute approximate surface area is 125 Å². The van der Waals surface area contributed by atoms with E-state index in [1.54, 1.807) is 24.3 Å². The maximum Gasteiger partial charge on any atom is 0.513 e. The fourth-order valence-electron chi connectivity index (χ4n) is 2.31. The van der Waals surface area contributed by atoms with Crippen LogP contribution in [0.2, 0.25) is 0 Å². The molecule has 1 atom stereocenters. The van der Waals surface area contributed by atoms with Crippen LogP contribution in [0.1, 0.15) is 43.6 Å². The Bertz CT molecular complexity index is 530. The summed E-state index contributed by atoms with van der Waals surface area (Å²) in [4.78, 5) is 11.3. The zero-order valence-electron chi connectivity index (χ0n) is 13.2. The lowest BCUT2D eigenvalue weighted by Gasteiger charge is -2.32. The van der Waals surface area contributed by atoms with Crippen molar-refractivity contribution in [1.29, 1.82) is 0 Å². The molecule has 114 valence electrons. The molecule has 1 aliphatic rings. The fraction of sp³-hybridized carbons (Fsp3) is 0.533. The summed E-state index contributed by atoms with van der Waals surface area (Å²) in [7, 11) is 0.667. The zero-order chi connectivity index (χ0) is 15.9. The lowest BCUT2D eigenvalue weighted by atomic mass is 9.69. The van der Waals surface area contributed by atoms with Crippen LogP contribution >= 0.6 is 0 Å². The molecule has 0 bridgehead atoms. The molecule has 0 radical (unpaired) electrons. The topological polar surface area (TPSA) is 70.8 Å². The van der Waals surface area contributed by atoms with Gasteiger partial charge in [0.25, 0.3) is 0 Å². The van der Waals surface area contributed by atoms with Gasteiger partial charge in [-0.15, -0.1) is 0 Å². The van der Waals surface area contributed by atoms with Gasteiger partial charge < -0.3 is 19.8 Å². The Morgan fingerprint density at radius 1 is 1.19 bits per heavy atom. The lowest BCUT2D eigenvalue weighted by molar-refractivity contribution is 0.00578. The highest BCUT2D eigenvalue weighted by Gasteiger charge is 2.60. The van der Waals surface area contributed by atoms with E-state index in [1.807, 2.05) is 27.7 Å². The number of rotatable bonds is 4. The highest BCUT2D eigenvalue weighted by atomic mass is 16.7. The second kappa shape index (κ2) is 5.21. The Morgan fingerprint density at radius 3 is 2.19 bits per heavy atom. The standard InChI is InChI=1S/C15H22BNO4/c1-13(2)14(3,4)21-16(20-13)15(17,19-5)12-9-7-6-8-11(12)10-18/h6-10H,17H2,1-5H3/t15-/m0/s1. The van der Waals surface area contributed by atoms with Crippen molar-refractivity contribution in [3.8, 4) is 0 Å². The van der Waals surface area contributed by atoms with Gasteiger partial charge in [-0.3, -0.25) is 4.79 Å². The minimum Gasteiger partial charge on any atom is -0.400 e. The molecule has 0 saturated carbocycles. The predicted molar refractivity (Wildman–Crippen MR) is 80.8 cm³/mol. The highest BCUT2D eigenvalue weighted by molar-refractivity contribution is 6.49. The van der Waals surface area contributed by atoms with Crippen LogP contribution in [0.3, 0.4) is 0 Å². The van der Waals surface area contributed by atoms with Gasteiger partial charge in [-0.1, -0.05) is 24.3 Å². The fourth-order valence-corrected chi connectivity index (χ4v) is 2.31. The Morgan fingerprint density at radius 2 is 1.71 bits per heavy atom. The van der Waals surface area contributed by atoms with Crippen molar-refractivity contribution in [3.05, 3.63) is 35.4 Å². The van der Waals surface area contributed by atoms with Gasteiger partial charge in [0, 0.05) is 18.2 Å². The Hall–Kier alpha value is -1.21. The van der Waals surface area contributed by atoms with E-state index >= 15 is 0 Å². The van der Waals surface area contributed by atoms with Crippen LogP contribution in [-0.4, -0.2) is 31.7 Å². The largest absolute Gasteiger partial charge is 0.513 e. The van der Waals surface area contributed by atoms with E-state index < -0.39 is 23.9 Å². The quantitative estimate of drug-likeness (QED) is 0.521. The maximum absolute atomic E-state index is 11.3. The summed E-state index contributed by atoms with van der Waals surface area (Å²) in [5, 5.41) is 0. The molecule has 1 aromatic rings. The van der Waals surface area contributed by atoms with Gasteiger partial charge in [0.15, 0.2) is 5.62 Å². The number of aldehydes is 1. The van der Waals surface area contributed by atoms with E-state index in [4.69, 9.17) is 19.8 Å². The van der Waals surface area contributed by atoms with E-state index in [0.717, 1.165) is 6.29 Å². The minimum absolute atomic E-state index is 0.455. The van der Waals surface area contributed by atoms with Crippen molar-refractivity contribution in [2.24, 2.45) is 5.73 Å². The molecule has 1 aromatic carbocycles. The first-order valence-electron chi connectivity index (χ1n) is 6.92. The number of hydrogen-bond donors (Lipinski definition) is 1. The number of nitrogens with two attached hydrogens (primary N) is 1. The molecule has 0 aromatic heterocycles. The van der Waals surface area contributed by atoms with Gasteiger partial charge in [-0.2, -0.15) is 0 Å². The summed E-state index contributed by atoms with van der Waals surface area (Å²) in [5.41, 5.74) is 4.99. The maximum atomic E-state index is 11.3. The number of methoxy groups -OCH3 is 1. The van der Waals surface area contributed by atoms with E-state index in [2.05, 4.69) is 0 Å². The Balaban J connectivity index is 2.46. The van der Waals surface area contributed by atoms with Crippen LogP contribution in [-0.2, 0) is 19.7 Å². The number of hydrogen-bond acceptors (Lipinski definition) is 5. The number of benzene rings is 1. The van der Waals surface area contributed by atoms with Gasteiger partial charge in [-0.25, -0.2) is 0 Å². The Kier molecular flexibility index (Phi) is 4.01. The van der Waals surface area contributed by atoms with Crippen LogP contribution in [0, 0.1) is 0 Å². The number of carbonyl (C=O) groups excluding carboxylic acids is 1. The van der Waals surface area contributed by atoms with Crippen molar-refractivity contribution in [2.45, 2.75) is 44.5 Å². The number of ether oxygens (including phenoxy) is 1. The molecule has 5 nitrogen and oxygen atoms in total. The van der Waals surface area contributed by atoms with Crippen molar-refractivity contribution >= 4 is 13.4 Å². The monoisotopic (exact) mass is 291 g/mol. The zero-order valence-corrected chi connectivity index (χ0v) is 13.2. The van der Waals surface area contributed by atoms with E-state index in [-0.39, 0.29) is 0 Å². The van der Waals surface area contributed by atoms with Crippen LogP contribution in [0.4, 0.5) is 0 Å². The third-order valence-electron chi connectivity index (χ3n) is 4.45. The average Bonchev–Trinajstić information content (AvgIpc) is 2.67. The molecule has 1 aliphatic heterocycles. The molecule has 0 spiro atoms. The third-order valence-corrected chi connectivity index (χ3v) is 4.45. The first-order chi connectivity index (χ1) is 9.68. The third kappa shape index (κ3) is 2.53. The van der Waals surface area contributed by atoms with Crippen LogP contribution < -0.4 is 5.73 Å². The van der Waals surface area contributed by atoms with Gasteiger partial charge in [0.1, 0.15) is 6.29 Å². The molecule has 1 heterocycles. The van der Waals surface area contributed by atoms with Gasteiger partial charge in [-0.05, 0) is 27.7 Å². The summed E-state index contributed by atoms with van der Waals surface area (Å²) < 4.78 is 17.5. The molecule has 6 heteroatoms. The van der Waals surface area contributed by atoms with Crippen molar-refractivity contribution in [3.63, 3.8) is 0 Å². The minimum atomic E-state index is -1.36. The van der Waals surface area contributed by atoms with Crippen molar-refractivity contribution in [1.82, 2.24) is 0 Å². The summed E-state index contributed by atoms with van der Waals surface area (Å²) in [6, 6.07) is 7.01. The molecule has 0 unspecified atom stereocenters. The predicted octanol–water partition coefficient (Wildman–Crippen LogP) is 1.89. The second-order valence-corrected chi connectivity index (χ2v) is 6.29. The normalized spacial score (nSPS) is 22.9. The van der Waals surface area contributed by atoms with Crippen molar-refractivity contribution in [2.75, 3.05) is 7.11 Å². The first kappa shape index (κ1) is 16.2. The SMILES string of the molecule is CO[C@](N)(B1OC(C)(C)C(C)(C)O1)c1ccccc1C=O. The first-order valence-corrected chi connectivity index (χ1v) is 6.92. The second-order valence-electron chi connectivity index (χ2n) is 6.29. The summed E-state index contributed by atoms with van der Waals surface area (Å²) in [5.74, 6) is 0. The average molecular weight is 291 g/mol. The van der Waals surface area contributed by atoms with Crippen LogP contribution in [0.25, 0.3) is 0 Å². The van der Waals surface area contributed by atoms with Crippen molar-refractivity contribution < 1.29 is 18.8 Å². The highest BCUT2D eigenvalue weighted by Crippen LogP contribution is 2.42. The van der Waals surface area contributed by atoms with E-state index in [9.17, 15) is 4.79 Å². The molecule has 1 fully saturated rings. The van der Waals surface area contributed by atoms with Gasteiger partial charge >= 0.3 is 7.12 Å². The lowest BCUT2D eigenvalue weighted by Crippen LogP contribution is -2.55. The van der Waals surface area contributed by atoms with E-state index in [1.165, 1.54) is 7.11 Å². The summed E-state index contributed by atoms with van der Waals surface area (Å²) in [6.45, 7) is 7.76. The number of carbonyl (C=O) groups is 1. The van der Waals surface area contributed by atoms with E-state index in [0.29, 0.717) is 11.1 Å². The molecular weight excluding hydrogens is 269 g/mol. The van der Waals surface area contributed by atoms with Gasteiger partial charge in [0.2, 0.25) is 0 Å². The summed E-state index contributed by atoms with van der Waals surface area (Å²) >= 11 is 0. The molecule has 2 N–H and O–H groups in total. The molecule has 0 amide bonds. The van der Waals surface area contributed by atoms with Crippen LogP contribution in [0.15, 0.2) is 24.3 Å². The summed E-state index contributed by atoms with van der Waals surface area (Å²) in [6.07, 6.45) is 0.751. The molecule has 21 heavy (non-hydrogen) atoms. The van der Waals surface area contributed by atoms with Gasteiger partial charge in [0.05, 0.1) is 11.2 Å². The molecule has 0 aliphatic carbocycles. The van der Waals surface area contributed by atoms with Crippen LogP contribution in [0.5, 0.6) is 0 Å². The molecular formula is C15H22BNO4. The molecule has 1 saturated heterocycles. The molecule has 2 rings (SSSR count). The smallest absolute Gasteiger partial charge is 0.400 e.